The fourth-order valence-electron chi connectivity index (χ4n) is 2.44. The Balaban J connectivity index is 2.01. The Morgan fingerprint density at radius 3 is 2.77 bits per heavy atom. The predicted molar refractivity (Wildman–Crippen MR) is 90.3 cm³/mol. The summed E-state index contributed by atoms with van der Waals surface area (Å²) >= 11 is 1.78. The summed E-state index contributed by atoms with van der Waals surface area (Å²) in [6.07, 6.45) is 0. The molecule has 1 aliphatic heterocycles. The van der Waals surface area contributed by atoms with E-state index >= 15 is 0 Å². The quantitative estimate of drug-likeness (QED) is 0.864. The maximum Gasteiger partial charge on any atom is 0.241 e. The minimum atomic E-state index is -0.0354. The number of hydrogen-bond acceptors (Lipinski definition) is 4. The molecule has 0 fully saturated rings. The van der Waals surface area contributed by atoms with Crippen LogP contribution in [0.15, 0.2) is 29.2 Å². The van der Waals surface area contributed by atoms with Gasteiger partial charge in [0.05, 0.1) is 18.8 Å². The third kappa shape index (κ3) is 4.24. The van der Waals surface area contributed by atoms with Crippen LogP contribution in [0.1, 0.15) is 13.8 Å². The Labute approximate surface area is 136 Å². The van der Waals surface area contributed by atoms with Crippen LogP contribution in [0.3, 0.4) is 0 Å². The number of hydrogen-bond donors (Lipinski definition) is 1. The van der Waals surface area contributed by atoms with Crippen LogP contribution < -0.4 is 10.2 Å². The maximum atomic E-state index is 12.6. The van der Waals surface area contributed by atoms with Gasteiger partial charge in [-0.2, -0.15) is 0 Å². The molecule has 0 unspecified atom stereocenters. The minimum Gasteiger partial charge on any atom is -0.355 e. The second-order valence-corrected chi connectivity index (χ2v) is 6.26. The summed E-state index contributed by atoms with van der Waals surface area (Å²) in [6, 6.07) is 7.98. The number of amides is 2. The van der Waals surface area contributed by atoms with Crippen molar-refractivity contribution in [2.75, 3.05) is 43.4 Å². The highest BCUT2D eigenvalue weighted by atomic mass is 32.2. The zero-order chi connectivity index (χ0) is 15.9. The van der Waals surface area contributed by atoms with Crippen LogP contribution >= 0.6 is 11.8 Å². The summed E-state index contributed by atoms with van der Waals surface area (Å²) in [5.41, 5.74) is 0.984. The zero-order valence-electron chi connectivity index (χ0n) is 13.2. The monoisotopic (exact) mass is 321 g/mol. The Hall–Kier alpha value is -1.53. The fraction of sp³-hybridized carbons (Fsp3) is 0.500. The van der Waals surface area contributed by atoms with Gasteiger partial charge in [0.25, 0.3) is 0 Å². The lowest BCUT2D eigenvalue weighted by atomic mass is 10.2. The highest BCUT2D eigenvalue weighted by Crippen LogP contribution is 2.34. The van der Waals surface area contributed by atoms with Crippen LogP contribution in [-0.4, -0.2) is 55.2 Å². The van der Waals surface area contributed by atoms with Crippen molar-refractivity contribution < 1.29 is 9.59 Å². The molecule has 0 aliphatic carbocycles. The number of para-hydroxylation sites is 1. The predicted octanol–water partition coefficient (Wildman–Crippen LogP) is 1.58. The van der Waals surface area contributed by atoms with E-state index in [1.165, 1.54) is 0 Å². The molecule has 1 aromatic rings. The van der Waals surface area contributed by atoms with Crippen molar-refractivity contribution in [3.63, 3.8) is 0 Å². The van der Waals surface area contributed by atoms with Crippen molar-refractivity contribution in [3.05, 3.63) is 24.3 Å². The summed E-state index contributed by atoms with van der Waals surface area (Å²) in [5, 5.41) is 2.77. The van der Waals surface area contributed by atoms with Crippen LogP contribution in [0.2, 0.25) is 0 Å². The summed E-state index contributed by atoms with van der Waals surface area (Å²) in [6.45, 7) is 6.40. The van der Waals surface area contributed by atoms with E-state index in [1.54, 1.807) is 11.8 Å². The molecule has 1 heterocycles. The molecular weight excluding hydrogens is 298 g/mol. The number of carbonyl (C=O) groups is 2. The van der Waals surface area contributed by atoms with E-state index in [4.69, 9.17) is 0 Å². The van der Waals surface area contributed by atoms with Gasteiger partial charge in [0.1, 0.15) is 0 Å². The Kier molecular flexibility index (Phi) is 6.27. The van der Waals surface area contributed by atoms with Crippen molar-refractivity contribution in [1.82, 2.24) is 10.2 Å². The number of likely N-dealkylation sites (N-methyl/N-ethyl adjacent to an activating group) is 2. The van der Waals surface area contributed by atoms with Crippen LogP contribution in [0.5, 0.6) is 0 Å². The van der Waals surface area contributed by atoms with Gasteiger partial charge in [-0.05, 0) is 25.6 Å². The van der Waals surface area contributed by atoms with Crippen molar-refractivity contribution >= 4 is 29.3 Å². The van der Waals surface area contributed by atoms with E-state index in [2.05, 4.69) is 5.32 Å². The minimum absolute atomic E-state index is 0.0354. The normalized spacial score (nSPS) is 13.9. The first-order valence-electron chi connectivity index (χ1n) is 7.67. The van der Waals surface area contributed by atoms with Crippen LogP contribution in [0.4, 0.5) is 5.69 Å². The molecule has 6 heteroatoms. The van der Waals surface area contributed by atoms with Gasteiger partial charge in [-0.25, -0.2) is 0 Å². The van der Waals surface area contributed by atoms with Gasteiger partial charge in [-0.1, -0.05) is 19.1 Å². The van der Waals surface area contributed by atoms with Gasteiger partial charge in [0.15, 0.2) is 0 Å². The average molecular weight is 321 g/mol. The molecule has 1 aliphatic rings. The molecule has 0 atom stereocenters. The Bertz CT molecular complexity index is 536. The molecule has 22 heavy (non-hydrogen) atoms. The number of carbonyl (C=O) groups excluding carboxylic acids is 2. The molecule has 0 radical (unpaired) electrons. The third-order valence-electron chi connectivity index (χ3n) is 3.58. The first kappa shape index (κ1) is 16.8. The Morgan fingerprint density at radius 2 is 2.05 bits per heavy atom. The molecule has 0 bridgehead atoms. The van der Waals surface area contributed by atoms with Gasteiger partial charge < -0.3 is 10.2 Å². The molecule has 2 amide bonds. The SMILES string of the molecule is CCNC(=O)CN(CC)CC(=O)N1CCSc2ccccc21. The lowest BCUT2D eigenvalue weighted by Gasteiger charge is -2.31. The standard InChI is InChI=1S/C16H23N3O2S/c1-3-17-15(20)11-18(4-2)12-16(21)19-9-10-22-14-8-6-5-7-13(14)19/h5-8H,3-4,9-12H2,1-2H3,(H,17,20). The molecule has 0 saturated heterocycles. The van der Waals surface area contributed by atoms with Gasteiger partial charge in [-0.3, -0.25) is 14.5 Å². The molecule has 0 spiro atoms. The average Bonchev–Trinajstić information content (AvgIpc) is 2.53. The summed E-state index contributed by atoms with van der Waals surface area (Å²) < 4.78 is 0. The number of nitrogens with zero attached hydrogens (tertiary/aromatic N) is 2. The number of benzene rings is 1. The van der Waals surface area contributed by atoms with Crippen molar-refractivity contribution in [2.45, 2.75) is 18.7 Å². The van der Waals surface area contributed by atoms with Gasteiger partial charge in [0, 0.05) is 23.7 Å². The smallest absolute Gasteiger partial charge is 0.241 e. The molecular formula is C16H23N3O2S. The molecule has 1 N–H and O–H groups in total. The summed E-state index contributed by atoms with van der Waals surface area (Å²) in [4.78, 5) is 29.2. The molecule has 0 saturated carbocycles. The van der Waals surface area contributed by atoms with E-state index in [-0.39, 0.29) is 24.9 Å². The van der Waals surface area contributed by atoms with Crippen LogP contribution in [0.25, 0.3) is 0 Å². The first-order valence-corrected chi connectivity index (χ1v) is 8.65. The highest BCUT2D eigenvalue weighted by Gasteiger charge is 2.24. The zero-order valence-corrected chi connectivity index (χ0v) is 14.0. The van der Waals surface area contributed by atoms with Gasteiger partial charge >= 0.3 is 0 Å². The third-order valence-corrected chi connectivity index (χ3v) is 4.62. The van der Waals surface area contributed by atoms with Gasteiger partial charge in [0.2, 0.25) is 11.8 Å². The van der Waals surface area contributed by atoms with E-state index in [1.807, 2.05) is 47.9 Å². The summed E-state index contributed by atoms with van der Waals surface area (Å²) in [5.74, 6) is 0.927. The second-order valence-electron chi connectivity index (χ2n) is 5.12. The largest absolute Gasteiger partial charge is 0.355 e. The number of anilines is 1. The number of nitrogens with one attached hydrogen (secondary N) is 1. The maximum absolute atomic E-state index is 12.6. The van der Waals surface area contributed by atoms with E-state index < -0.39 is 0 Å². The Morgan fingerprint density at radius 1 is 1.27 bits per heavy atom. The van der Waals surface area contributed by atoms with Crippen LogP contribution in [0, 0.1) is 0 Å². The first-order chi connectivity index (χ1) is 10.7. The van der Waals surface area contributed by atoms with Gasteiger partial charge in [-0.15, -0.1) is 11.8 Å². The number of rotatable bonds is 6. The van der Waals surface area contributed by atoms with E-state index in [0.29, 0.717) is 13.1 Å². The molecule has 1 aromatic carbocycles. The highest BCUT2D eigenvalue weighted by molar-refractivity contribution is 7.99. The lowest BCUT2D eigenvalue weighted by molar-refractivity contribution is -0.123. The van der Waals surface area contributed by atoms with Crippen molar-refractivity contribution in [1.29, 1.82) is 0 Å². The van der Waals surface area contributed by atoms with Crippen molar-refractivity contribution in [3.8, 4) is 0 Å². The number of fused-ring (bicyclic) bond motifs is 1. The molecule has 5 nitrogen and oxygen atoms in total. The molecule has 2 rings (SSSR count). The fourth-order valence-corrected chi connectivity index (χ4v) is 3.44. The van der Waals surface area contributed by atoms with E-state index in [9.17, 15) is 9.59 Å². The van der Waals surface area contributed by atoms with Crippen molar-refractivity contribution in [2.24, 2.45) is 0 Å². The van der Waals surface area contributed by atoms with Crippen LogP contribution in [-0.2, 0) is 9.59 Å². The lowest BCUT2D eigenvalue weighted by Crippen LogP contribution is -2.45. The topological polar surface area (TPSA) is 52.7 Å². The molecule has 120 valence electrons. The molecule has 0 aromatic heterocycles. The van der Waals surface area contributed by atoms with E-state index in [0.717, 1.165) is 22.9 Å². The second kappa shape index (κ2) is 8.19. The summed E-state index contributed by atoms with van der Waals surface area (Å²) in [7, 11) is 0. The number of thioether (sulfide) groups is 1.